The molecule has 0 fully saturated rings. The number of H-pyrrole nitrogens is 1. The van der Waals surface area contributed by atoms with Crippen molar-refractivity contribution in [2.75, 3.05) is 6.54 Å². The Balaban J connectivity index is 1.93. The summed E-state index contributed by atoms with van der Waals surface area (Å²) in [4.78, 5) is 16.9. The third-order valence-electron chi connectivity index (χ3n) is 2.93. The SMILES string of the molecule is CCNCc1ccccc1Sc1ncnc2nc[nH]c12. The molecule has 0 radical (unpaired) electrons. The number of nitrogens with zero attached hydrogens (tertiary/aromatic N) is 3. The lowest BCUT2D eigenvalue weighted by molar-refractivity contribution is 0.718. The molecule has 0 atom stereocenters. The first kappa shape index (κ1) is 13.1. The number of fused-ring (bicyclic) bond motifs is 1. The molecular weight excluding hydrogens is 270 g/mol. The summed E-state index contributed by atoms with van der Waals surface area (Å²) in [6, 6.07) is 8.35. The van der Waals surface area contributed by atoms with Crippen LogP contribution in [0, 0.1) is 0 Å². The van der Waals surface area contributed by atoms with Gasteiger partial charge in [-0.25, -0.2) is 15.0 Å². The second kappa shape index (κ2) is 6.02. The van der Waals surface area contributed by atoms with Gasteiger partial charge in [-0.2, -0.15) is 0 Å². The molecule has 20 heavy (non-hydrogen) atoms. The molecule has 0 aliphatic heterocycles. The zero-order chi connectivity index (χ0) is 13.8. The van der Waals surface area contributed by atoms with E-state index in [1.54, 1.807) is 24.4 Å². The fraction of sp³-hybridized carbons (Fsp3) is 0.214. The molecule has 0 bridgehead atoms. The van der Waals surface area contributed by atoms with Crippen LogP contribution in [-0.2, 0) is 6.54 Å². The van der Waals surface area contributed by atoms with E-state index in [-0.39, 0.29) is 0 Å². The average Bonchev–Trinajstić information content (AvgIpc) is 2.96. The van der Waals surface area contributed by atoms with Crippen LogP contribution in [0.2, 0.25) is 0 Å². The Morgan fingerprint density at radius 3 is 3.00 bits per heavy atom. The molecule has 0 unspecified atom stereocenters. The maximum Gasteiger partial charge on any atom is 0.181 e. The van der Waals surface area contributed by atoms with Crippen LogP contribution in [0.3, 0.4) is 0 Å². The zero-order valence-corrected chi connectivity index (χ0v) is 11.9. The predicted octanol–water partition coefficient (Wildman–Crippen LogP) is 2.61. The van der Waals surface area contributed by atoms with E-state index in [9.17, 15) is 0 Å². The van der Waals surface area contributed by atoms with Crippen LogP contribution in [0.1, 0.15) is 12.5 Å². The van der Waals surface area contributed by atoms with E-state index in [2.05, 4.69) is 50.4 Å². The minimum absolute atomic E-state index is 0.701. The van der Waals surface area contributed by atoms with Crippen LogP contribution in [0.15, 0.2) is 46.8 Å². The summed E-state index contributed by atoms with van der Waals surface area (Å²) in [6.45, 7) is 3.92. The number of benzene rings is 1. The fourth-order valence-electron chi connectivity index (χ4n) is 1.93. The van der Waals surface area contributed by atoms with Crippen LogP contribution in [0.5, 0.6) is 0 Å². The molecule has 0 saturated heterocycles. The first-order valence-electron chi connectivity index (χ1n) is 6.49. The number of hydrogen-bond donors (Lipinski definition) is 2. The van der Waals surface area contributed by atoms with Crippen molar-refractivity contribution in [3.8, 4) is 0 Å². The highest BCUT2D eigenvalue weighted by Crippen LogP contribution is 2.31. The number of aromatic nitrogens is 4. The van der Waals surface area contributed by atoms with E-state index in [1.807, 2.05) is 6.07 Å². The molecule has 0 aliphatic carbocycles. The van der Waals surface area contributed by atoms with Gasteiger partial charge in [0.05, 0.1) is 6.33 Å². The summed E-state index contributed by atoms with van der Waals surface area (Å²) in [5.41, 5.74) is 2.85. The van der Waals surface area contributed by atoms with Gasteiger partial charge in [-0.05, 0) is 18.2 Å². The lowest BCUT2D eigenvalue weighted by Gasteiger charge is -2.09. The van der Waals surface area contributed by atoms with E-state index in [0.29, 0.717) is 5.65 Å². The largest absolute Gasteiger partial charge is 0.341 e. The molecule has 0 amide bonds. The molecule has 102 valence electrons. The maximum absolute atomic E-state index is 4.36. The summed E-state index contributed by atoms with van der Waals surface area (Å²) in [6.07, 6.45) is 3.20. The molecule has 1 aromatic carbocycles. The molecule has 5 nitrogen and oxygen atoms in total. The van der Waals surface area contributed by atoms with Crippen LogP contribution < -0.4 is 5.32 Å². The molecule has 3 rings (SSSR count). The van der Waals surface area contributed by atoms with Crippen molar-refractivity contribution >= 4 is 22.9 Å². The molecule has 2 heterocycles. The Morgan fingerprint density at radius 2 is 2.10 bits per heavy atom. The first-order valence-corrected chi connectivity index (χ1v) is 7.30. The molecule has 0 spiro atoms. The van der Waals surface area contributed by atoms with Crippen molar-refractivity contribution in [3.05, 3.63) is 42.5 Å². The van der Waals surface area contributed by atoms with Crippen molar-refractivity contribution in [1.29, 1.82) is 0 Å². The molecule has 3 aromatic rings. The van der Waals surface area contributed by atoms with E-state index in [4.69, 9.17) is 0 Å². The molecule has 2 aromatic heterocycles. The highest BCUT2D eigenvalue weighted by atomic mass is 32.2. The average molecular weight is 285 g/mol. The fourth-order valence-corrected chi connectivity index (χ4v) is 2.91. The molecule has 2 N–H and O–H groups in total. The van der Waals surface area contributed by atoms with Gasteiger partial charge in [0.15, 0.2) is 5.65 Å². The third-order valence-corrected chi connectivity index (χ3v) is 4.05. The van der Waals surface area contributed by atoms with Crippen molar-refractivity contribution in [3.63, 3.8) is 0 Å². The van der Waals surface area contributed by atoms with Crippen molar-refractivity contribution in [2.45, 2.75) is 23.4 Å². The topological polar surface area (TPSA) is 66.5 Å². The number of hydrogen-bond acceptors (Lipinski definition) is 5. The molecular formula is C14H15N5S. The number of rotatable bonds is 5. The van der Waals surface area contributed by atoms with E-state index in [0.717, 1.165) is 23.6 Å². The normalized spacial score (nSPS) is 11.1. The summed E-state index contributed by atoms with van der Waals surface area (Å²) in [5, 5.41) is 4.26. The standard InChI is InChI=1S/C14H15N5S/c1-2-15-7-10-5-3-4-6-11(10)20-14-12-13(17-8-16-12)18-9-19-14/h3-6,8-9,15H,2,7H2,1H3,(H,16,17,18,19). The van der Waals surface area contributed by atoms with Gasteiger partial charge < -0.3 is 10.3 Å². The first-order chi connectivity index (χ1) is 9.88. The summed E-state index contributed by atoms with van der Waals surface area (Å²) >= 11 is 1.64. The van der Waals surface area contributed by atoms with Gasteiger partial charge in [0.25, 0.3) is 0 Å². The summed E-state index contributed by atoms with van der Waals surface area (Å²) in [7, 11) is 0. The maximum atomic E-state index is 4.36. The van der Waals surface area contributed by atoms with Crippen LogP contribution >= 0.6 is 11.8 Å². The highest BCUT2D eigenvalue weighted by Gasteiger charge is 2.09. The zero-order valence-electron chi connectivity index (χ0n) is 11.1. The van der Waals surface area contributed by atoms with Crippen molar-refractivity contribution in [1.82, 2.24) is 25.3 Å². The van der Waals surface area contributed by atoms with Gasteiger partial charge in [0.2, 0.25) is 0 Å². The smallest absolute Gasteiger partial charge is 0.181 e. The Kier molecular flexibility index (Phi) is 3.94. The van der Waals surface area contributed by atoms with E-state index in [1.165, 1.54) is 10.5 Å². The minimum atomic E-state index is 0.701. The Hall–Kier alpha value is -1.92. The Bertz CT molecular complexity index is 709. The van der Waals surface area contributed by atoms with Gasteiger partial charge in [-0.15, -0.1) is 0 Å². The predicted molar refractivity (Wildman–Crippen MR) is 79.6 cm³/mol. The van der Waals surface area contributed by atoms with E-state index >= 15 is 0 Å². The Morgan fingerprint density at radius 1 is 1.20 bits per heavy atom. The van der Waals surface area contributed by atoms with Crippen LogP contribution in [-0.4, -0.2) is 26.5 Å². The Labute approximate surface area is 121 Å². The van der Waals surface area contributed by atoms with Gasteiger partial charge in [-0.3, -0.25) is 0 Å². The summed E-state index contributed by atoms with van der Waals surface area (Å²) in [5.74, 6) is 0. The van der Waals surface area contributed by atoms with Crippen LogP contribution in [0.25, 0.3) is 11.2 Å². The minimum Gasteiger partial charge on any atom is -0.341 e. The van der Waals surface area contributed by atoms with Crippen LogP contribution in [0.4, 0.5) is 0 Å². The summed E-state index contributed by atoms with van der Waals surface area (Å²) < 4.78 is 0. The van der Waals surface area contributed by atoms with Gasteiger partial charge >= 0.3 is 0 Å². The van der Waals surface area contributed by atoms with Gasteiger partial charge in [0.1, 0.15) is 16.9 Å². The molecule has 0 saturated carbocycles. The molecule has 0 aliphatic rings. The second-order valence-electron chi connectivity index (χ2n) is 4.27. The van der Waals surface area contributed by atoms with E-state index < -0.39 is 0 Å². The van der Waals surface area contributed by atoms with Crippen molar-refractivity contribution < 1.29 is 0 Å². The molecule has 6 heteroatoms. The quantitative estimate of drug-likeness (QED) is 0.705. The monoisotopic (exact) mass is 285 g/mol. The van der Waals surface area contributed by atoms with Gasteiger partial charge in [-0.1, -0.05) is 36.9 Å². The second-order valence-corrected chi connectivity index (χ2v) is 5.30. The lowest BCUT2D eigenvalue weighted by Crippen LogP contribution is -2.12. The lowest BCUT2D eigenvalue weighted by atomic mass is 10.2. The number of aromatic amines is 1. The van der Waals surface area contributed by atoms with Crippen molar-refractivity contribution in [2.24, 2.45) is 0 Å². The number of imidazole rings is 1. The number of nitrogens with one attached hydrogen (secondary N) is 2. The third kappa shape index (κ3) is 2.66. The highest BCUT2D eigenvalue weighted by molar-refractivity contribution is 7.99. The van der Waals surface area contributed by atoms with Gasteiger partial charge in [0, 0.05) is 11.4 Å².